The topological polar surface area (TPSA) is 78.7 Å². The van der Waals surface area contributed by atoms with Gasteiger partial charge >= 0.3 is 0 Å². The first-order valence-corrected chi connectivity index (χ1v) is 14.7. The zero-order valence-corrected chi connectivity index (χ0v) is 25.0. The van der Waals surface area contributed by atoms with Crippen LogP contribution >= 0.6 is 11.8 Å². The Morgan fingerprint density at radius 1 is 0.854 bits per heavy atom. The number of amides is 1. The molecule has 0 N–H and O–H groups in total. The Morgan fingerprint density at radius 3 is 2.32 bits per heavy atom. The van der Waals surface area contributed by atoms with Crippen LogP contribution in [-0.2, 0) is 17.6 Å². The van der Waals surface area contributed by atoms with Crippen LogP contribution in [0.1, 0.15) is 36.2 Å². The molecule has 3 aromatic carbocycles. The first-order chi connectivity index (χ1) is 20.0. The molecular formula is C32H38N4O4S. The number of ether oxygens (including phenoxy) is 3. The molecule has 41 heavy (non-hydrogen) atoms. The maximum Gasteiger partial charge on any atom is 0.222 e. The van der Waals surface area contributed by atoms with Gasteiger partial charge in [0.25, 0.3) is 0 Å². The maximum atomic E-state index is 12.7. The molecule has 9 heteroatoms. The second-order valence-corrected chi connectivity index (χ2v) is 10.7. The number of aromatic nitrogens is 3. The van der Waals surface area contributed by atoms with Gasteiger partial charge in [0.05, 0.1) is 21.3 Å². The largest absolute Gasteiger partial charge is 0.497 e. The lowest BCUT2D eigenvalue weighted by molar-refractivity contribution is -0.129. The quantitative estimate of drug-likeness (QED) is 0.130. The number of nitrogens with zero attached hydrogens (tertiary/aromatic N) is 4. The van der Waals surface area contributed by atoms with Gasteiger partial charge in [-0.05, 0) is 66.8 Å². The number of likely N-dealkylation sites (N-methyl/N-ethyl adjacent to an activating group) is 1. The highest BCUT2D eigenvalue weighted by molar-refractivity contribution is 7.99. The minimum Gasteiger partial charge on any atom is -0.497 e. The zero-order chi connectivity index (χ0) is 29.0. The zero-order valence-electron chi connectivity index (χ0n) is 24.2. The third kappa shape index (κ3) is 8.27. The van der Waals surface area contributed by atoms with Gasteiger partial charge in [0.15, 0.2) is 16.7 Å². The van der Waals surface area contributed by atoms with E-state index in [1.165, 1.54) is 5.56 Å². The van der Waals surface area contributed by atoms with Crippen LogP contribution in [0.3, 0.4) is 0 Å². The van der Waals surface area contributed by atoms with Crippen molar-refractivity contribution in [1.29, 1.82) is 0 Å². The van der Waals surface area contributed by atoms with Crippen molar-refractivity contribution in [3.8, 4) is 22.9 Å². The summed E-state index contributed by atoms with van der Waals surface area (Å²) in [4.78, 5) is 14.5. The molecule has 0 bridgehead atoms. The van der Waals surface area contributed by atoms with Crippen molar-refractivity contribution in [1.82, 2.24) is 19.7 Å². The molecule has 0 aliphatic rings. The molecule has 4 rings (SSSR count). The second kappa shape index (κ2) is 15.1. The average Bonchev–Trinajstić information content (AvgIpc) is 3.41. The Bertz CT molecular complexity index is 1390. The molecule has 1 heterocycles. The number of benzene rings is 3. The smallest absolute Gasteiger partial charge is 0.222 e. The molecule has 0 atom stereocenters. The van der Waals surface area contributed by atoms with Crippen molar-refractivity contribution >= 4 is 17.7 Å². The van der Waals surface area contributed by atoms with Gasteiger partial charge in [0.1, 0.15) is 11.6 Å². The van der Waals surface area contributed by atoms with Gasteiger partial charge in [-0.25, -0.2) is 0 Å². The van der Waals surface area contributed by atoms with Crippen LogP contribution in [0.15, 0.2) is 78.0 Å². The van der Waals surface area contributed by atoms with E-state index in [1.54, 1.807) is 38.0 Å². The SMILES string of the molecule is COc1ccc(-n2c(Cc3ccccc3)nnc2SCCCCC(=O)N(C)CCc2ccc(OC)c(OC)c2)cc1. The first kappa shape index (κ1) is 30.0. The van der Waals surface area contributed by atoms with Crippen LogP contribution in [0.4, 0.5) is 0 Å². The number of methoxy groups -OCH3 is 3. The molecule has 216 valence electrons. The lowest BCUT2D eigenvalue weighted by Gasteiger charge is -2.17. The summed E-state index contributed by atoms with van der Waals surface area (Å²) in [6, 6.07) is 24.1. The molecule has 0 fully saturated rings. The maximum absolute atomic E-state index is 12.7. The Kier molecular flexibility index (Phi) is 11.1. The lowest BCUT2D eigenvalue weighted by Crippen LogP contribution is -2.28. The van der Waals surface area contributed by atoms with Gasteiger partial charge in [-0.3, -0.25) is 9.36 Å². The number of hydrogen-bond donors (Lipinski definition) is 0. The summed E-state index contributed by atoms with van der Waals surface area (Å²) in [5, 5.41) is 9.90. The Balaban J connectivity index is 1.29. The molecule has 1 aromatic heterocycles. The summed E-state index contributed by atoms with van der Waals surface area (Å²) in [7, 11) is 6.78. The van der Waals surface area contributed by atoms with E-state index in [0.29, 0.717) is 30.9 Å². The number of unbranched alkanes of at least 4 members (excludes halogenated alkanes) is 1. The van der Waals surface area contributed by atoms with Crippen molar-refractivity contribution in [3.05, 3.63) is 89.7 Å². The van der Waals surface area contributed by atoms with Crippen LogP contribution in [0, 0.1) is 0 Å². The van der Waals surface area contributed by atoms with E-state index in [-0.39, 0.29) is 5.91 Å². The number of rotatable bonds is 15. The van der Waals surface area contributed by atoms with Gasteiger partial charge in [-0.15, -0.1) is 10.2 Å². The third-order valence-corrected chi connectivity index (χ3v) is 7.88. The molecule has 4 aromatic rings. The molecule has 8 nitrogen and oxygen atoms in total. The van der Waals surface area contributed by atoms with Crippen LogP contribution in [0.25, 0.3) is 5.69 Å². The fraction of sp³-hybridized carbons (Fsp3) is 0.344. The Hall–Kier alpha value is -3.98. The minimum atomic E-state index is 0.155. The van der Waals surface area contributed by atoms with Gasteiger partial charge in [-0.1, -0.05) is 48.2 Å². The molecule has 0 unspecified atom stereocenters. The highest BCUT2D eigenvalue weighted by atomic mass is 32.2. The molecular weight excluding hydrogens is 536 g/mol. The summed E-state index contributed by atoms with van der Waals surface area (Å²) < 4.78 is 18.1. The van der Waals surface area contributed by atoms with Crippen LogP contribution in [-0.4, -0.2) is 66.2 Å². The number of hydrogen-bond acceptors (Lipinski definition) is 7. The van der Waals surface area contributed by atoms with Gasteiger partial charge in [-0.2, -0.15) is 0 Å². The average molecular weight is 575 g/mol. The molecule has 0 radical (unpaired) electrons. The normalized spacial score (nSPS) is 10.8. The third-order valence-electron chi connectivity index (χ3n) is 6.86. The van der Waals surface area contributed by atoms with Crippen LogP contribution in [0.5, 0.6) is 17.2 Å². The molecule has 1 amide bonds. The highest BCUT2D eigenvalue weighted by Crippen LogP contribution is 2.28. The monoisotopic (exact) mass is 574 g/mol. The molecule has 0 spiro atoms. The van der Waals surface area contributed by atoms with E-state index >= 15 is 0 Å². The van der Waals surface area contributed by atoms with Gasteiger partial charge in [0.2, 0.25) is 5.91 Å². The predicted octanol–water partition coefficient (Wildman–Crippen LogP) is 5.85. The first-order valence-electron chi connectivity index (χ1n) is 13.7. The van der Waals surface area contributed by atoms with E-state index in [1.807, 2.05) is 67.7 Å². The van der Waals surface area contributed by atoms with Crippen molar-refractivity contribution in [2.24, 2.45) is 0 Å². The van der Waals surface area contributed by atoms with Crippen molar-refractivity contribution in [2.75, 3.05) is 40.7 Å². The second-order valence-electron chi connectivity index (χ2n) is 9.65. The summed E-state index contributed by atoms with van der Waals surface area (Å²) in [5.41, 5.74) is 3.28. The van der Waals surface area contributed by atoms with Crippen molar-refractivity contribution in [2.45, 2.75) is 37.3 Å². The summed E-state index contributed by atoms with van der Waals surface area (Å²) >= 11 is 1.67. The number of thioether (sulfide) groups is 1. The Labute approximate surface area is 246 Å². The van der Waals surface area contributed by atoms with Gasteiger partial charge in [0, 0.05) is 37.9 Å². The molecule has 0 saturated heterocycles. The fourth-order valence-corrected chi connectivity index (χ4v) is 5.44. The van der Waals surface area contributed by atoms with Crippen molar-refractivity contribution in [3.63, 3.8) is 0 Å². The number of carbonyl (C=O) groups is 1. The van der Waals surface area contributed by atoms with Crippen molar-refractivity contribution < 1.29 is 19.0 Å². The predicted molar refractivity (Wildman–Crippen MR) is 163 cm³/mol. The summed E-state index contributed by atoms with van der Waals surface area (Å²) in [6.07, 6.45) is 3.69. The van der Waals surface area contributed by atoms with E-state index in [2.05, 4.69) is 26.9 Å². The molecule has 0 aliphatic heterocycles. The molecule has 0 saturated carbocycles. The molecule has 0 aliphatic carbocycles. The Morgan fingerprint density at radius 2 is 1.61 bits per heavy atom. The van der Waals surface area contributed by atoms with E-state index < -0.39 is 0 Å². The van der Waals surface area contributed by atoms with E-state index in [0.717, 1.165) is 53.0 Å². The standard InChI is InChI=1S/C32H38N4O4S/c1-35(20-19-25-13-18-28(39-3)29(22-25)40-4)31(37)12-8-9-21-41-32-34-33-30(23-24-10-6-5-7-11-24)36(32)26-14-16-27(38-2)17-15-26/h5-7,10-11,13-18,22H,8-9,12,19-21,23H2,1-4H3. The number of carbonyl (C=O) groups excluding carboxylic acids is 1. The minimum absolute atomic E-state index is 0.155. The fourth-order valence-electron chi connectivity index (χ4n) is 4.47. The highest BCUT2D eigenvalue weighted by Gasteiger charge is 2.16. The van der Waals surface area contributed by atoms with E-state index in [9.17, 15) is 4.79 Å². The lowest BCUT2D eigenvalue weighted by atomic mass is 10.1. The summed E-state index contributed by atoms with van der Waals surface area (Å²) in [6.45, 7) is 0.651. The van der Waals surface area contributed by atoms with Crippen LogP contribution in [0.2, 0.25) is 0 Å². The van der Waals surface area contributed by atoms with Crippen LogP contribution < -0.4 is 14.2 Å². The van der Waals surface area contributed by atoms with Gasteiger partial charge < -0.3 is 19.1 Å². The summed E-state index contributed by atoms with van der Waals surface area (Å²) in [5.74, 6) is 4.10. The van der Waals surface area contributed by atoms with E-state index in [4.69, 9.17) is 14.2 Å².